The fourth-order valence-corrected chi connectivity index (χ4v) is 6.30. The molecule has 2 atom stereocenters. The standard InChI is InChI=1S/C24H44N4O4S/c1-6-14-32-23(31)27-20(24(4,5)33-16(2)3)22(30)28-13-7-8-19(28)21(29)26-15-17-9-11-18(25)12-10-17/h16-20H,6-15,25H2,1-5H3,(H,26,29)(H,27,31)/t17?,18?,19-,20+/m0/s1. The molecule has 2 aliphatic rings. The first-order chi connectivity index (χ1) is 15.5. The average molecular weight is 485 g/mol. The van der Waals surface area contributed by atoms with Crippen LogP contribution in [0.1, 0.15) is 79.6 Å². The zero-order valence-electron chi connectivity index (χ0n) is 21.0. The van der Waals surface area contributed by atoms with Gasteiger partial charge in [0.2, 0.25) is 11.8 Å². The van der Waals surface area contributed by atoms with Gasteiger partial charge in [-0.2, -0.15) is 11.8 Å². The van der Waals surface area contributed by atoms with Crippen LogP contribution in [0.15, 0.2) is 0 Å². The molecule has 8 nitrogen and oxygen atoms in total. The van der Waals surface area contributed by atoms with Crippen molar-refractivity contribution < 1.29 is 19.1 Å². The number of carbonyl (C=O) groups is 3. The first-order valence-corrected chi connectivity index (χ1v) is 13.4. The molecule has 0 radical (unpaired) electrons. The Morgan fingerprint density at radius 2 is 1.82 bits per heavy atom. The number of nitrogens with one attached hydrogen (secondary N) is 2. The second-order valence-electron chi connectivity index (χ2n) is 10.2. The third-order valence-corrected chi connectivity index (χ3v) is 7.79. The number of amides is 3. The van der Waals surface area contributed by atoms with Crippen LogP contribution < -0.4 is 16.4 Å². The van der Waals surface area contributed by atoms with Crippen molar-refractivity contribution in [2.24, 2.45) is 11.7 Å². The third-order valence-electron chi connectivity index (χ3n) is 6.48. The second kappa shape index (κ2) is 12.8. The van der Waals surface area contributed by atoms with E-state index in [-0.39, 0.29) is 23.1 Å². The van der Waals surface area contributed by atoms with Crippen molar-refractivity contribution in [2.75, 3.05) is 19.7 Å². The lowest BCUT2D eigenvalue weighted by Gasteiger charge is -2.38. The molecule has 1 saturated carbocycles. The summed E-state index contributed by atoms with van der Waals surface area (Å²) in [5.41, 5.74) is 5.99. The van der Waals surface area contributed by atoms with Gasteiger partial charge in [0.25, 0.3) is 0 Å². The Morgan fingerprint density at radius 3 is 2.42 bits per heavy atom. The minimum absolute atomic E-state index is 0.0997. The van der Waals surface area contributed by atoms with E-state index in [1.807, 2.05) is 20.8 Å². The first kappa shape index (κ1) is 27.8. The maximum atomic E-state index is 13.7. The van der Waals surface area contributed by atoms with E-state index in [0.717, 1.165) is 32.1 Å². The van der Waals surface area contributed by atoms with Gasteiger partial charge in [-0.1, -0.05) is 20.8 Å². The van der Waals surface area contributed by atoms with Gasteiger partial charge >= 0.3 is 6.09 Å². The maximum absolute atomic E-state index is 13.7. The molecule has 9 heteroatoms. The molecule has 0 spiro atoms. The lowest BCUT2D eigenvalue weighted by Crippen LogP contribution is -2.60. The molecule has 2 fully saturated rings. The van der Waals surface area contributed by atoms with Crippen molar-refractivity contribution in [3.8, 4) is 0 Å². The summed E-state index contributed by atoms with van der Waals surface area (Å²) in [7, 11) is 0. The number of thioether (sulfide) groups is 1. The summed E-state index contributed by atoms with van der Waals surface area (Å²) in [6.45, 7) is 11.4. The normalized spacial score (nSPS) is 24.5. The molecule has 190 valence electrons. The number of hydrogen-bond acceptors (Lipinski definition) is 6. The molecule has 0 aromatic rings. The van der Waals surface area contributed by atoms with Crippen LogP contribution in [0, 0.1) is 5.92 Å². The molecule has 4 N–H and O–H groups in total. The highest BCUT2D eigenvalue weighted by molar-refractivity contribution is 8.01. The van der Waals surface area contributed by atoms with Crippen molar-refractivity contribution in [3.63, 3.8) is 0 Å². The topological polar surface area (TPSA) is 114 Å². The molecule has 0 unspecified atom stereocenters. The van der Waals surface area contributed by atoms with E-state index in [1.165, 1.54) is 0 Å². The molecule has 33 heavy (non-hydrogen) atoms. The summed E-state index contributed by atoms with van der Waals surface area (Å²) in [4.78, 5) is 40.8. The Labute approximate surface area is 203 Å². The molecule has 0 aromatic heterocycles. The maximum Gasteiger partial charge on any atom is 0.407 e. The molecular formula is C24H44N4O4S. The van der Waals surface area contributed by atoms with Crippen LogP contribution in [0.2, 0.25) is 0 Å². The summed E-state index contributed by atoms with van der Waals surface area (Å²) >= 11 is 1.63. The predicted octanol–water partition coefficient (Wildman–Crippen LogP) is 3.04. The van der Waals surface area contributed by atoms with Crippen LogP contribution >= 0.6 is 11.8 Å². The van der Waals surface area contributed by atoms with E-state index in [2.05, 4.69) is 24.5 Å². The van der Waals surface area contributed by atoms with Gasteiger partial charge in [0, 0.05) is 23.9 Å². The molecule has 0 bridgehead atoms. The smallest absolute Gasteiger partial charge is 0.407 e. The van der Waals surface area contributed by atoms with Gasteiger partial charge in [-0.25, -0.2) is 4.79 Å². The van der Waals surface area contributed by atoms with Crippen LogP contribution in [-0.4, -0.2) is 70.6 Å². The van der Waals surface area contributed by atoms with E-state index in [4.69, 9.17) is 10.5 Å². The van der Waals surface area contributed by atoms with E-state index in [0.29, 0.717) is 38.5 Å². The molecule has 3 amide bonds. The first-order valence-electron chi connectivity index (χ1n) is 12.5. The molecule has 1 aliphatic heterocycles. The number of nitrogens with zero attached hydrogens (tertiary/aromatic N) is 1. The van der Waals surface area contributed by atoms with Crippen molar-refractivity contribution in [3.05, 3.63) is 0 Å². The zero-order valence-corrected chi connectivity index (χ0v) is 21.8. The highest BCUT2D eigenvalue weighted by Crippen LogP contribution is 2.34. The van der Waals surface area contributed by atoms with Crippen LogP contribution in [0.25, 0.3) is 0 Å². The zero-order chi connectivity index (χ0) is 24.6. The molecule has 1 saturated heterocycles. The quantitative estimate of drug-likeness (QED) is 0.439. The highest BCUT2D eigenvalue weighted by Gasteiger charge is 2.44. The Balaban J connectivity index is 2.07. The van der Waals surface area contributed by atoms with Gasteiger partial charge < -0.3 is 26.0 Å². The Morgan fingerprint density at radius 1 is 1.15 bits per heavy atom. The number of ether oxygens (including phenoxy) is 1. The molecule has 2 rings (SSSR count). The Bertz CT molecular complexity index is 665. The van der Waals surface area contributed by atoms with Crippen LogP contribution in [0.5, 0.6) is 0 Å². The molecule has 0 aromatic carbocycles. The van der Waals surface area contributed by atoms with Gasteiger partial charge in [-0.3, -0.25) is 9.59 Å². The van der Waals surface area contributed by atoms with Crippen molar-refractivity contribution in [1.29, 1.82) is 0 Å². The largest absolute Gasteiger partial charge is 0.450 e. The van der Waals surface area contributed by atoms with Gasteiger partial charge in [-0.05, 0) is 70.0 Å². The second-order valence-corrected chi connectivity index (χ2v) is 12.4. The van der Waals surface area contributed by atoms with E-state index < -0.39 is 22.9 Å². The SMILES string of the molecule is CCCOC(=O)N[C@H](C(=O)N1CCC[C@H]1C(=O)NCC1CCC(N)CC1)C(C)(C)SC(C)C. The summed E-state index contributed by atoms with van der Waals surface area (Å²) in [5.74, 6) is 0.128. The molecular weight excluding hydrogens is 440 g/mol. The predicted molar refractivity (Wildman–Crippen MR) is 133 cm³/mol. The van der Waals surface area contributed by atoms with Crippen molar-refractivity contribution >= 4 is 29.7 Å². The Kier molecular flexibility index (Phi) is 10.8. The van der Waals surface area contributed by atoms with Crippen molar-refractivity contribution in [2.45, 2.75) is 108 Å². The highest BCUT2D eigenvalue weighted by atomic mass is 32.2. The van der Waals surface area contributed by atoms with Gasteiger partial charge in [0.1, 0.15) is 12.1 Å². The van der Waals surface area contributed by atoms with E-state index >= 15 is 0 Å². The Hall–Kier alpha value is -1.48. The lowest BCUT2D eigenvalue weighted by atomic mass is 9.86. The van der Waals surface area contributed by atoms with Crippen LogP contribution in [0.3, 0.4) is 0 Å². The third kappa shape index (κ3) is 8.35. The summed E-state index contributed by atoms with van der Waals surface area (Å²) in [6.07, 6.45) is 5.57. The number of nitrogens with two attached hydrogens (primary N) is 1. The number of hydrogen-bond donors (Lipinski definition) is 3. The van der Waals surface area contributed by atoms with Gasteiger partial charge in [-0.15, -0.1) is 0 Å². The van der Waals surface area contributed by atoms with E-state index in [9.17, 15) is 14.4 Å². The van der Waals surface area contributed by atoms with Crippen molar-refractivity contribution in [1.82, 2.24) is 15.5 Å². The van der Waals surface area contributed by atoms with E-state index in [1.54, 1.807) is 16.7 Å². The average Bonchev–Trinajstić information content (AvgIpc) is 3.24. The summed E-state index contributed by atoms with van der Waals surface area (Å²) in [6, 6.07) is -1.01. The monoisotopic (exact) mass is 484 g/mol. The fraction of sp³-hybridized carbons (Fsp3) is 0.875. The van der Waals surface area contributed by atoms with Gasteiger partial charge in [0.05, 0.1) is 6.61 Å². The minimum Gasteiger partial charge on any atom is -0.450 e. The van der Waals surface area contributed by atoms with Gasteiger partial charge in [0.15, 0.2) is 0 Å². The number of rotatable bonds is 10. The number of alkyl carbamates (subject to hydrolysis) is 1. The minimum atomic E-state index is -0.789. The summed E-state index contributed by atoms with van der Waals surface area (Å²) in [5, 5.41) is 6.15. The van der Waals surface area contributed by atoms with Crippen LogP contribution in [-0.2, 0) is 14.3 Å². The molecule has 1 heterocycles. The summed E-state index contributed by atoms with van der Waals surface area (Å²) < 4.78 is 4.64. The number of carbonyl (C=O) groups excluding carboxylic acids is 3. The van der Waals surface area contributed by atoms with Crippen LogP contribution in [0.4, 0.5) is 4.79 Å². The fourth-order valence-electron chi connectivity index (χ4n) is 4.79. The lowest BCUT2D eigenvalue weighted by molar-refractivity contribution is -0.140. The molecule has 1 aliphatic carbocycles. The number of likely N-dealkylation sites (tertiary alicyclic amines) is 1.